The smallest absolute Gasteiger partial charge is 0.158 e. The van der Waals surface area contributed by atoms with Crippen molar-refractivity contribution < 1.29 is 4.74 Å². The molecule has 0 unspecified atom stereocenters. The number of halogens is 1. The third kappa shape index (κ3) is 5.06. The van der Waals surface area contributed by atoms with Gasteiger partial charge in [-0.25, -0.2) is 9.97 Å². The van der Waals surface area contributed by atoms with Crippen molar-refractivity contribution in [1.29, 1.82) is 5.26 Å². The van der Waals surface area contributed by atoms with Crippen molar-refractivity contribution in [2.75, 3.05) is 25.5 Å². The van der Waals surface area contributed by atoms with Gasteiger partial charge in [-0.2, -0.15) is 10.4 Å². The SMILES string of the molecule is COc1cc(CC2CCNCC2)ccc1-c1cc(Nc2cnc(C#N)cn2)n[nH]1.Cl. The molecule has 2 aromatic heterocycles. The molecule has 1 aromatic carbocycles. The van der Waals surface area contributed by atoms with Gasteiger partial charge in [-0.15, -0.1) is 12.4 Å². The maximum Gasteiger partial charge on any atom is 0.158 e. The van der Waals surface area contributed by atoms with Crippen molar-refractivity contribution in [3.63, 3.8) is 0 Å². The summed E-state index contributed by atoms with van der Waals surface area (Å²) in [6.07, 6.45) is 6.43. The second-order valence-electron chi connectivity index (χ2n) is 7.12. The monoisotopic (exact) mass is 425 g/mol. The van der Waals surface area contributed by atoms with Crippen LogP contribution in [0.5, 0.6) is 5.75 Å². The molecule has 0 spiro atoms. The third-order valence-electron chi connectivity index (χ3n) is 5.14. The molecule has 9 heteroatoms. The highest BCUT2D eigenvalue weighted by atomic mass is 35.5. The molecule has 0 aliphatic carbocycles. The van der Waals surface area contributed by atoms with Crippen LogP contribution in [0, 0.1) is 17.2 Å². The summed E-state index contributed by atoms with van der Waals surface area (Å²) in [5, 5.41) is 22.6. The number of piperidine rings is 1. The highest BCUT2D eigenvalue weighted by Gasteiger charge is 2.16. The minimum atomic E-state index is 0. The number of nitriles is 1. The van der Waals surface area contributed by atoms with Gasteiger partial charge in [0.1, 0.15) is 17.6 Å². The summed E-state index contributed by atoms with van der Waals surface area (Å²) in [4.78, 5) is 8.14. The molecule has 30 heavy (non-hydrogen) atoms. The molecule has 1 aliphatic rings. The molecule has 1 fully saturated rings. The summed E-state index contributed by atoms with van der Waals surface area (Å²) in [5.74, 6) is 2.68. The van der Waals surface area contributed by atoms with Crippen LogP contribution in [0.3, 0.4) is 0 Å². The van der Waals surface area contributed by atoms with E-state index in [0.29, 0.717) is 11.6 Å². The van der Waals surface area contributed by atoms with E-state index in [1.54, 1.807) is 7.11 Å². The standard InChI is InChI=1S/C21H23N7O.ClH/c1-29-19-9-15(8-14-4-6-23-7-5-14)2-3-17(19)18-10-20(28-27-18)26-21-13-24-16(11-22)12-25-21;/h2-3,9-10,12-14,23H,4-8H2,1H3,(H2,25,26,27,28);1H. The Bertz CT molecular complexity index is 1010. The minimum absolute atomic E-state index is 0. The van der Waals surface area contributed by atoms with Gasteiger partial charge in [0.05, 0.1) is 25.2 Å². The number of nitrogens with zero attached hydrogens (tertiary/aromatic N) is 4. The quantitative estimate of drug-likeness (QED) is 0.554. The molecule has 0 saturated carbocycles. The fraction of sp³-hybridized carbons (Fsp3) is 0.333. The van der Waals surface area contributed by atoms with Crippen LogP contribution in [-0.4, -0.2) is 40.4 Å². The van der Waals surface area contributed by atoms with Crippen molar-refractivity contribution in [2.24, 2.45) is 5.92 Å². The summed E-state index contributed by atoms with van der Waals surface area (Å²) < 4.78 is 5.65. The van der Waals surface area contributed by atoms with Crippen LogP contribution in [0.15, 0.2) is 36.7 Å². The lowest BCUT2D eigenvalue weighted by Gasteiger charge is -2.22. The van der Waals surface area contributed by atoms with Gasteiger partial charge in [0.25, 0.3) is 0 Å². The van der Waals surface area contributed by atoms with Crippen LogP contribution in [0.1, 0.15) is 24.1 Å². The molecule has 4 rings (SSSR count). The number of hydrogen-bond acceptors (Lipinski definition) is 7. The Labute approximate surface area is 181 Å². The van der Waals surface area contributed by atoms with Crippen LogP contribution in [0.2, 0.25) is 0 Å². The second kappa shape index (κ2) is 10.1. The normalized spacial score (nSPS) is 13.9. The van der Waals surface area contributed by atoms with Crippen LogP contribution < -0.4 is 15.4 Å². The van der Waals surface area contributed by atoms with Gasteiger partial charge in [-0.3, -0.25) is 5.10 Å². The lowest BCUT2D eigenvalue weighted by molar-refractivity contribution is 0.371. The zero-order valence-electron chi connectivity index (χ0n) is 16.7. The summed E-state index contributed by atoms with van der Waals surface area (Å²) in [5.41, 5.74) is 3.36. The van der Waals surface area contributed by atoms with Gasteiger partial charge in [-0.05, 0) is 56.0 Å². The number of aromatic amines is 1. The molecular weight excluding hydrogens is 402 g/mol. The fourth-order valence-corrected chi connectivity index (χ4v) is 3.61. The number of rotatable bonds is 6. The average Bonchev–Trinajstić information content (AvgIpc) is 3.23. The number of methoxy groups -OCH3 is 1. The molecule has 3 aromatic rings. The molecule has 0 atom stereocenters. The molecule has 0 radical (unpaired) electrons. The number of H-pyrrole nitrogens is 1. The lowest BCUT2D eigenvalue weighted by atomic mass is 9.90. The van der Waals surface area contributed by atoms with Gasteiger partial charge in [0.15, 0.2) is 11.5 Å². The van der Waals surface area contributed by atoms with Crippen LogP contribution in [-0.2, 0) is 6.42 Å². The predicted molar refractivity (Wildman–Crippen MR) is 117 cm³/mol. The number of nitrogens with one attached hydrogen (secondary N) is 3. The van der Waals surface area contributed by atoms with Crippen LogP contribution >= 0.6 is 12.4 Å². The molecule has 1 saturated heterocycles. The number of hydrogen-bond donors (Lipinski definition) is 3. The highest BCUT2D eigenvalue weighted by molar-refractivity contribution is 5.85. The van der Waals surface area contributed by atoms with E-state index in [1.165, 1.54) is 30.8 Å². The maximum atomic E-state index is 8.80. The molecule has 0 amide bonds. The topological polar surface area (TPSA) is 112 Å². The minimum Gasteiger partial charge on any atom is -0.496 e. The Morgan fingerprint density at radius 2 is 2.00 bits per heavy atom. The molecule has 3 heterocycles. The first-order valence-electron chi connectivity index (χ1n) is 9.67. The number of ether oxygens (including phenoxy) is 1. The molecule has 156 valence electrons. The number of anilines is 2. The number of benzene rings is 1. The number of aromatic nitrogens is 4. The van der Waals surface area contributed by atoms with Crippen molar-refractivity contribution >= 4 is 24.0 Å². The third-order valence-corrected chi connectivity index (χ3v) is 5.14. The Morgan fingerprint density at radius 1 is 1.17 bits per heavy atom. The van der Waals surface area contributed by atoms with Crippen LogP contribution in [0.4, 0.5) is 11.6 Å². The van der Waals surface area contributed by atoms with Crippen molar-refractivity contribution in [1.82, 2.24) is 25.5 Å². The zero-order valence-corrected chi connectivity index (χ0v) is 17.5. The first-order valence-corrected chi connectivity index (χ1v) is 9.67. The largest absolute Gasteiger partial charge is 0.496 e. The summed E-state index contributed by atoms with van der Waals surface area (Å²) in [6.45, 7) is 2.21. The van der Waals surface area contributed by atoms with E-state index in [4.69, 9.17) is 10.00 Å². The van der Waals surface area contributed by atoms with Gasteiger partial charge in [0, 0.05) is 11.6 Å². The van der Waals surface area contributed by atoms with Crippen molar-refractivity contribution in [3.8, 4) is 23.1 Å². The van der Waals surface area contributed by atoms with E-state index in [-0.39, 0.29) is 18.1 Å². The second-order valence-corrected chi connectivity index (χ2v) is 7.12. The Kier molecular flexibility index (Phi) is 7.22. The van der Waals surface area contributed by atoms with Gasteiger partial charge in [0.2, 0.25) is 0 Å². The van der Waals surface area contributed by atoms with E-state index in [2.05, 4.69) is 49.0 Å². The summed E-state index contributed by atoms with van der Waals surface area (Å²) in [7, 11) is 1.69. The highest BCUT2D eigenvalue weighted by Crippen LogP contribution is 2.32. The maximum absolute atomic E-state index is 8.80. The molecule has 8 nitrogen and oxygen atoms in total. The first kappa shape index (κ1) is 21.6. The Balaban J connectivity index is 0.00000256. The van der Waals surface area contributed by atoms with E-state index in [9.17, 15) is 0 Å². The molecular formula is C21H24ClN7O. The average molecular weight is 426 g/mol. The van der Waals surface area contributed by atoms with Gasteiger partial charge < -0.3 is 15.4 Å². The van der Waals surface area contributed by atoms with E-state index >= 15 is 0 Å². The molecule has 0 bridgehead atoms. The predicted octanol–water partition coefficient (Wildman–Crippen LogP) is 3.45. The molecule has 1 aliphatic heterocycles. The van der Waals surface area contributed by atoms with Gasteiger partial charge >= 0.3 is 0 Å². The van der Waals surface area contributed by atoms with Crippen molar-refractivity contribution in [3.05, 3.63) is 47.9 Å². The van der Waals surface area contributed by atoms with E-state index < -0.39 is 0 Å². The van der Waals surface area contributed by atoms with Crippen LogP contribution in [0.25, 0.3) is 11.3 Å². The fourth-order valence-electron chi connectivity index (χ4n) is 3.61. The summed E-state index contributed by atoms with van der Waals surface area (Å²) in [6, 6.07) is 10.2. The van der Waals surface area contributed by atoms with E-state index in [0.717, 1.165) is 42.4 Å². The zero-order chi connectivity index (χ0) is 20.1. The van der Waals surface area contributed by atoms with Gasteiger partial charge in [-0.1, -0.05) is 6.07 Å². The Hall–Kier alpha value is -3.15. The van der Waals surface area contributed by atoms with E-state index in [1.807, 2.05) is 12.1 Å². The Morgan fingerprint density at radius 3 is 2.70 bits per heavy atom. The first-order chi connectivity index (χ1) is 14.2. The lowest BCUT2D eigenvalue weighted by Crippen LogP contribution is -2.28. The molecule has 3 N–H and O–H groups in total. The van der Waals surface area contributed by atoms with Crippen molar-refractivity contribution in [2.45, 2.75) is 19.3 Å². The summed E-state index contributed by atoms with van der Waals surface area (Å²) >= 11 is 0.